The van der Waals surface area contributed by atoms with Crippen LogP contribution in [0.15, 0.2) is 18.2 Å². The summed E-state index contributed by atoms with van der Waals surface area (Å²) >= 11 is 0. The molecule has 0 unspecified atom stereocenters. The van der Waals surface area contributed by atoms with E-state index >= 15 is 0 Å². The van der Waals surface area contributed by atoms with Crippen molar-refractivity contribution in [1.82, 2.24) is 0 Å². The predicted octanol–water partition coefficient (Wildman–Crippen LogP) is 1.70. The minimum atomic E-state index is -0.352. The summed E-state index contributed by atoms with van der Waals surface area (Å²) in [5.74, 6) is 1.07. The molecule has 0 aliphatic heterocycles. The van der Waals surface area contributed by atoms with Gasteiger partial charge in [-0.1, -0.05) is 0 Å². The lowest BCUT2D eigenvalue weighted by molar-refractivity contribution is -0.148. The molecule has 112 valence electrons. The number of nitrogens with one attached hydrogen (secondary N) is 1. The van der Waals surface area contributed by atoms with E-state index in [1.807, 2.05) is 12.1 Å². The van der Waals surface area contributed by atoms with Gasteiger partial charge in [-0.2, -0.15) is 0 Å². The summed E-state index contributed by atoms with van der Waals surface area (Å²) in [5, 5.41) is 3.16. The third-order valence-corrected chi connectivity index (χ3v) is 2.50. The van der Waals surface area contributed by atoms with Gasteiger partial charge in [0.2, 0.25) is 0 Å². The van der Waals surface area contributed by atoms with Crippen LogP contribution in [0.1, 0.15) is 6.92 Å². The van der Waals surface area contributed by atoms with Crippen LogP contribution in [0.5, 0.6) is 11.5 Å². The molecule has 1 N–H and O–H groups in total. The third-order valence-electron chi connectivity index (χ3n) is 2.50. The van der Waals surface area contributed by atoms with Gasteiger partial charge in [-0.15, -0.1) is 0 Å². The van der Waals surface area contributed by atoms with Gasteiger partial charge in [-0.3, -0.25) is 0 Å². The van der Waals surface area contributed by atoms with Crippen molar-refractivity contribution in [1.29, 1.82) is 0 Å². The summed E-state index contributed by atoms with van der Waals surface area (Å²) < 4.78 is 20.3. The Bertz CT molecular complexity index is 422. The standard InChI is InChI=1S/C14H21NO5/c1-4-20-14(16)10-19-8-7-15-12-6-5-11(17-2)9-13(12)18-3/h5-6,9,15H,4,7-8,10H2,1-3H3. The van der Waals surface area contributed by atoms with E-state index < -0.39 is 0 Å². The van der Waals surface area contributed by atoms with Crippen LogP contribution in [0, 0.1) is 0 Å². The molecule has 0 heterocycles. The lowest BCUT2D eigenvalue weighted by atomic mass is 10.2. The van der Waals surface area contributed by atoms with Crippen LogP contribution in [0.4, 0.5) is 5.69 Å². The Balaban J connectivity index is 2.33. The zero-order valence-electron chi connectivity index (χ0n) is 12.1. The predicted molar refractivity (Wildman–Crippen MR) is 75.5 cm³/mol. The van der Waals surface area contributed by atoms with Gasteiger partial charge < -0.3 is 24.3 Å². The van der Waals surface area contributed by atoms with Crippen molar-refractivity contribution in [3.63, 3.8) is 0 Å². The second-order valence-corrected chi connectivity index (χ2v) is 3.85. The fourth-order valence-electron chi connectivity index (χ4n) is 1.56. The summed E-state index contributed by atoms with van der Waals surface area (Å²) in [6.07, 6.45) is 0. The summed E-state index contributed by atoms with van der Waals surface area (Å²) in [5.41, 5.74) is 0.841. The largest absolute Gasteiger partial charge is 0.497 e. The molecule has 0 aromatic heterocycles. The molecule has 20 heavy (non-hydrogen) atoms. The minimum absolute atomic E-state index is 0.0325. The van der Waals surface area contributed by atoms with Crippen LogP contribution in [0.2, 0.25) is 0 Å². The van der Waals surface area contributed by atoms with Crippen LogP contribution < -0.4 is 14.8 Å². The van der Waals surface area contributed by atoms with E-state index in [2.05, 4.69) is 5.32 Å². The van der Waals surface area contributed by atoms with Gasteiger partial charge in [-0.05, 0) is 19.1 Å². The smallest absolute Gasteiger partial charge is 0.332 e. The second-order valence-electron chi connectivity index (χ2n) is 3.85. The quantitative estimate of drug-likeness (QED) is 0.549. The van der Waals surface area contributed by atoms with E-state index in [0.29, 0.717) is 25.5 Å². The molecular formula is C14H21NO5. The van der Waals surface area contributed by atoms with Gasteiger partial charge in [0.1, 0.15) is 18.1 Å². The molecule has 0 amide bonds. The van der Waals surface area contributed by atoms with Crippen LogP contribution in [-0.2, 0) is 14.3 Å². The minimum Gasteiger partial charge on any atom is -0.497 e. The molecule has 0 spiro atoms. The Morgan fingerprint density at radius 2 is 2.05 bits per heavy atom. The van der Waals surface area contributed by atoms with E-state index in [1.165, 1.54) is 0 Å². The summed E-state index contributed by atoms with van der Waals surface area (Å²) in [4.78, 5) is 11.0. The molecular weight excluding hydrogens is 262 g/mol. The Morgan fingerprint density at radius 1 is 1.25 bits per heavy atom. The molecule has 1 aromatic rings. The fourth-order valence-corrected chi connectivity index (χ4v) is 1.56. The first-order valence-electron chi connectivity index (χ1n) is 6.40. The number of hydrogen-bond acceptors (Lipinski definition) is 6. The molecule has 6 heteroatoms. The van der Waals surface area contributed by atoms with Crippen LogP contribution in [-0.4, -0.2) is 46.6 Å². The van der Waals surface area contributed by atoms with Gasteiger partial charge >= 0.3 is 5.97 Å². The SMILES string of the molecule is CCOC(=O)COCCNc1ccc(OC)cc1OC. The highest BCUT2D eigenvalue weighted by Gasteiger charge is 2.05. The lowest BCUT2D eigenvalue weighted by Crippen LogP contribution is -2.16. The maximum Gasteiger partial charge on any atom is 0.332 e. The summed E-state index contributed by atoms with van der Waals surface area (Å²) in [6.45, 7) is 3.05. The van der Waals surface area contributed by atoms with Gasteiger partial charge in [0, 0.05) is 12.6 Å². The van der Waals surface area contributed by atoms with Crippen molar-refractivity contribution in [2.45, 2.75) is 6.92 Å². The highest BCUT2D eigenvalue weighted by atomic mass is 16.6. The molecule has 1 aromatic carbocycles. The van der Waals surface area contributed by atoms with Crippen LogP contribution >= 0.6 is 0 Å². The number of carbonyl (C=O) groups excluding carboxylic acids is 1. The Hall–Kier alpha value is -1.95. The second kappa shape index (κ2) is 9.03. The van der Waals surface area contributed by atoms with E-state index in [-0.39, 0.29) is 12.6 Å². The van der Waals surface area contributed by atoms with E-state index in [9.17, 15) is 4.79 Å². The van der Waals surface area contributed by atoms with E-state index in [1.54, 1.807) is 27.2 Å². The maximum atomic E-state index is 11.0. The topological polar surface area (TPSA) is 66.0 Å². The average molecular weight is 283 g/mol. The molecule has 6 nitrogen and oxygen atoms in total. The number of rotatable bonds is 9. The van der Waals surface area contributed by atoms with Crippen LogP contribution in [0.3, 0.4) is 0 Å². The first-order chi connectivity index (χ1) is 9.71. The lowest BCUT2D eigenvalue weighted by Gasteiger charge is -2.12. The molecule has 0 fully saturated rings. The number of ether oxygens (including phenoxy) is 4. The monoisotopic (exact) mass is 283 g/mol. The average Bonchev–Trinajstić information content (AvgIpc) is 2.47. The molecule has 0 bridgehead atoms. The molecule has 0 aliphatic carbocycles. The molecule has 0 atom stereocenters. The van der Waals surface area contributed by atoms with Crippen LogP contribution in [0.25, 0.3) is 0 Å². The Morgan fingerprint density at radius 3 is 2.70 bits per heavy atom. The van der Waals surface area contributed by atoms with Crippen molar-refractivity contribution in [3.8, 4) is 11.5 Å². The Labute approximate surface area is 119 Å². The number of benzene rings is 1. The molecule has 1 rings (SSSR count). The van der Waals surface area contributed by atoms with Gasteiger partial charge in [0.15, 0.2) is 0 Å². The highest BCUT2D eigenvalue weighted by Crippen LogP contribution is 2.28. The Kier molecular flexibility index (Phi) is 7.27. The zero-order valence-corrected chi connectivity index (χ0v) is 12.1. The normalized spacial score (nSPS) is 9.95. The summed E-state index contributed by atoms with van der Waals surface area (Å²) in [6, 6.07) is 5.50. The zero-order chi connectivity index (χ0) is 14.8. The number of esters is 1. The van der Waals surface area contributed by atoms with E-state index in [0.717, 1.165) is 11.4 Å². The highest BCUT2D eigenvalue weighted by molar-refractivity contribution is 5.70. The van der Waals surface area contributed by atoms with Crippen molar-refractivity contribution in [2.75, 3.05) is 45.9 Å². The van der Waals surface area contributed by atoms with Gasteiger partial charge in [-0.25, -0.2) is 4.79 Å². The first-order valence-corrected chi connectivity index (χ1v) is 6.40. The molecule has 0 saturated heterocycles. The van der Waals surface area contributed by atoms with Crippen molar-refractivity contribution in [2.24, 2.45) is 0 Å². The van der Waals surface area contributed by atoms with E-state index in [4.69, 9.17) is 18.9 Å². The molecule has 0 aliphatic rings. The maximum absolute atomic E-state index is 11.0. The van der Waals surface area contributed by atoms with Gasteiger partial charge in [0.05, 0.1) is 33.1 Å². The number of anilines is 1. The fraction of sp³-hybridized carbons (Fsp3) is 0.500. The summed E-state index contributed by atoms with van der Waals surface area (Å²) in [7, 11) is 3.20. The van der Waals surface area contributed by atoms with Crippen molar-refractivity contribution < 1.29 is 23.7 Å². The molecule has 0 saturated carbocycles. The van der Waals surface area contributed by atoms with Gasteiger partial charge in [0.25, 0.3) is 0 Å². The van der Waals surface area contributed by atoms with Crippen molar-refractivity contribution >= 4 is 11.7 Å². The third kappa shape index (κ3) is 5.36. The number of methoxy groups -OCH3 is 2. The van der Waals surface area contributed by atoms with Crippen molar-refractivity contribution in [3.05, 3.63) is 18.2 Å². The number of carbonyl (C=O) groups is 1. The first kappa shape index (κ1) is 16.1. The molecule has 0 radical (unpaired) electrons. The number of hydrogen-bond donors (Lipinski definition) is 1.